The summed E-state index contributed by atoms with van der Waals surface area (Å²) in [6.07, 6.45) is 1.08. The molecule has 1 amide bonds. The summed E-state index contributed by atoms with van der Waals surface area (Å²) in [4.78, 5) is 23.8. The number of sulfone groups is 1. The van der Waals surface area contributed by atoms with Crippen LogP contribution in [-0.2, 0) is 19.4 Å². The number of aryl methyl sites for hydroxylation is 2. The molecule has 7 nitrogen and oxygen atoms in total. The van der Waals surface area contributed by atoms with Gasteiger partial charge in [0, 0.05) is 6.26 Å². The first kappa shape index (κ1) is 21.4. The molecule has 0 atom stereocenters. The molecule has 2 aromatic carbocycles. The van der Waals surface area contributed by atoms with Crippen molar-refractivity contribution in [3.63, 3.8) is 0 Å². The third kappa shape index (κ3) is 6.38. The number of hydrogen-bond acceptors (Lipinski definition) is 6. The first-order chi connectivity index (χ1) is 13.2. The van der Waals surface area contributed by atoms with Gasteiger partial charge in [0.25, 0.3) is 5.91 Å². The second kappa shape index (κ2) is 9.36. The van der Waals surface area contributed by atoms with E-state index in [4.69, 9.17) is 9.47 Å². The summed E-state index contributed by atoms with van der Waals surface area (Å²) in [6, 6.07) is 11.2. The van der Waals surface area contributed by atoms with Crippen LogP contribution in [-0.4, -0.2) is 46.3 Å². The van der Waals surface area contributed by atoms with E-state index in [0.29, 0.717) is 0 Å². The minimum absolute atomic E-state index is 0.102. The molecular weight excluding hydrogens is 382 g/mol. The summed E-state index contributed by atoms with van der Waals surface area (Å²) in [5.74, 6) is -0.407. The zero-order valence-corrected chi connectivity index (χ0v) is 16.8. The van der Waals surface area contributed by atoms with Gasteiger partial charge in [-0.3, -0.25) is 4.79 Å². The molecule has 0 heterocycles. The third-order valence-corrected chi connectivity index (χ3v) is 4.99. The topological polar surface area (TPSA) is 98.8 Å². The number of esters is 1. The number of hydrogen-bond donors (Lipinski definition) is 1. The van der Waals surface area contributed by atoms with Gasteiger partial charge in [0.1, 0.15) is 12.4 Å². The molecule has 0 fully saturated rings. The Labute approximate surface area is 164 Å². The van der Waals surface area contributed by atoms with Gasteiger partial charge in [-0.05, 0) is 49.7 Å². The van der Waals surface area contributed by atoms with Crippen LogP contribution >= 0.6 is 0 Å². The minimum Gasteiger partial charge on any atom is -0.491 e. The molecule has 0 aliphatic heterocycles. The van der Waals surface area contributed by atoms with Crippen molar-refractivity contribution in [3.8, 4) is 5.75 Å². The molecule has 150 valence electrons. The first-order valence-corrected chi connectivity index (χ1v) is 10.5. The minimum atomic E-state index is -3.34. The summed E-state index contributed by atoms with van der Waals surface area (Å²) in [5.41, 5.74) is 2.33. The Hall–Kier alpha value is -2.87. The monoisotopic (exact) mass is 405 g/mol. The smallest absolute Gasteiger partial charge is 0.338 e. The number of ether oxygens (including phenoxy) is 2. The third-order valence-electron chi connectivity index (χ3n) is 3.86. The largest absolute Gasteiger partial charge is 0.491 e. The second-order valence-corrected chi connectivity index (χ2v) is 8.36. The van der Waals surface area contributed by atoms with Crippen LogP contribution in [0.4, 0.5) is 0 Å². The van der Waals surface area contributed by atoms with E-state index in [2.05, 4.69) is 5.32 Å². The van der Waals surface area contributed by atoms with Crippen LogP contribution in [0.5, 0.6) is 5.75 Å². The summed E-state index contributed by atoms with van der Waals surface area (Å²) in [7, 11) is -3.34. The highest BCUT2D eigenvalue weighted by Crippen LogP contribution is 2.18. The predicted molar refractivity (Wildman–Crippen MR) is 104 cm³/mol. The molecule has 0 saturated carbocycles. The van der Waals surface area contributed by atoms with Crippen LogP contribution < -0.4 is 10.1 Å². The van der Waals surface area contributed by atoms with Crippen LogP contribution in [0.3, 0.4) is 0 Å². The Bertz CT molecular complexity index is 951. The van der Waals surface area contributed by atoms with E-state index in [-0.39, 0.29) is 23.6 Å². The number of carbonyl (C=O) groups excluding carboxylic acids is 2. The fourth-order valence-corrected chi connectivity index (χ4v) is 3.05. The van der Waals surface area contributed by atoms with E-state index in [0.717, 1.165) is 23.1 Å². The fraction of sp³-hybridized carbons (Fsp3) is 0.300. The number of nitrogens with one attached hydrogen (secondary N) is 1. The molecule has 0 saturated heterocycles. The van der Waals surface area contributed by atoms with Crippen LogP contribution in [0, 0.1) is 13.8 Å². The quantitative estimate of drug-likeness (QED) is 0.533. The van der Waals surface area contributed by atoms with Gasteiger partial charge < -0.3 is 14.8 Å². The van der Waals surface area contributed by atoms with E-state index in [9.17, 15) is 18.0 Å². The van der Waals surface area contributed by atoms with E-state index in [1.54, 1.807) is 0 Å². The van der Waals surface area contributed by atoms with Gasteiger partial charge in [0.05, 0.1) is 17.0 Å². The van der Waals surface area contributed by atoms with Crippen molar-refractivity contribution in [3.05, 3.63) is 59.2 Å². The Morgan fingerprint density at radius 2 is 1.71 bits per heavy atom. The molecule has 0 unspecified atom stereocenters. The van der Waals surface area contributed by atoms with Gasteiger partial charge in [-0.15, -0.1) is 0 Å². The van der Waals surface area contributed by atoms with Crippen molar-refractivity contribution in [2.24, 2.45) is 0 Å². The number of rotatable bonds is 8. The van der Waals surface area contributed by atoms with Crippen molar-refractivity contribution in [1.29, 1.82) is 0 Å². The maximum atomic E-state index is 11.9. The SMILES string of the molecule is Cc1ccc(OCCNC(=O)COC(=O)c2ccc(S(C)(=O)=O)cc2)c(C)c1. The van der Waals surface area contributed by atoms with Gasteiger partial charge >= 0.3 is 5.97 Å². The zero-order valence-electron chi connectivity index (χ0n) is 16.0. The van der Waals surface area contributed by atoms with Crippen molar-refractivity contribution >= 4 is 21.7 Å². The van der Waals surface area contributed by atoms with Crippen LogP contribution in [0.25, 0.3) is 0 Å². The molecular formula is C20H23NO6S. The lowest BCUT2D eigenvalue weighted by Gasteiger charge is -2.10. The zero-order chi connectivity index (χ0) is 20.7. The maximum absolute atomic E-state index is 11.9. The highest BCUT2D eigenvalue weighted by atomic mass is 32.2. The van der Waals surface area contributed by atoms with Crippen molar-refractivity contribution < 1.29 is 27.5 Å². The molecule has 0 radical (unpaired) electrons. The Balaban J connectivity index is 1.72. The summed E-state index contributed by atoms with van der Waals surface area (Å²) < 4.78 is 33.3. The van der Waals surface area contributed by atoms with Crippen molar-refractivity contribution in [2.45, 2.75) is 18.7 Å². The van der Waals surface area contributed by atoms with Crippen LogP contribution in [0.15, 0.2) is 47.4 Å². The summed E-state index contributed by atoms with van der Waals surface area (Å²) in [6.45, 7) is 4.07. The Morgan fingerprint density at radius 3 is 2.32 bits per heavy atom. The molecule has 28 heavy (non-hydrogen) atoms. The molecule has 2 rings (SSSR count). The van der Waals surface area contributed by atoms with Gasteiger partial charge in [-0.2, -0.15) is 0 Å². The molecule has 0 aliphatic carbocycles. The van der Waals surface area contributed by atoms with Crippen LogP contribution in [0.2, 0.25) is 0 Å². The van der Waals surface area contributed by atoms with E-state index >= 15 is 0 Å². The lowest BCUT2D eigenvalue weighted by Crippen LogP contribution is -2.32. The second-order valence-electron chi connectivity index (χ2n) is 6.34. The number of benzene rings is 2. The average Bonchev–Trinajstić information content (AvgIpc) is 2.64. The van der Waals surface area contributed by atoms with Crippen molar-refractivity contribution in [1.82, 2.24) is 5.32 Å². The molecule has 2 aromatic rings. The average molecular weight is 405 g/mol. The maximum Gasteiger partial charge on any atom is 0.338 e. The highest BCUT2D eigenvalue weighted by Gasteiger charge is 2.12. The van der Waals surface area contributed by atoms with E-state index in [1.807, 2.05) is 32.0 Å². The van der Waals surface area contributed by atoms with Crippen LogP contribution in [0.1, 0.15) is 21.5 Å². The lowest BCUT2D eigenvalue weighted by molar-refractivity contribution is -0.124. The molecule has 0 aliphatic rings. The van der Waals surface area contributed by atoms with Gasteiger partial charge in [-0.1, -0.05) is 17.7 Å². The Morgan fingerprint density at radius 1 is 1.04 bits per heavy atom. The van der Waals surface area contributed by atoms with Gasteiger partial charge in [0.2, 0.25) is 0 Å². The van der Waals surface area contributed by atoms with E-state index in [1.165, 1.54) is 24.3 Å². The van der Waals surface area contributed by atoms with Crippen molar-refractivity contribution in [2.75, 3.05) is 26.0 Å². The molecule has 0 spiro atoms. The molecule has 0 aromatic heterocycles. The highest BCUT2D eigenvalue weighted by molar-refractivity contribution is 7.90. The molecule has 1 N–H and O–H groups in total. The predicted octanol–water partition coefficient (Wildman–Crippen LogP) is 2.06. The lowest BCUT2D eigenvalue weighted by atomic mass is 10.1. The summed E-state index contributed by atoms with van der Waals surface area (Å²) >= 11 is 0. The Kier molecular flexibility index (Phi) is 7.17. The summed E-state index contributed by atoms with van der Waals surface area (Å²) in [5, 5.41) is 2.60. The van der Waals surface area contributed by atoms with Gasteiger partial charge in [-0.25, -0.2) is 13.2 Å². The first-order valence-electron chi connectivity index (χ1n) is 8.61. The number of amides is 1. The molecule has 0 bridgehead atoms. The fourth-order valence-electron chi connectivity index (χ4n) is 2.42. The van der Waals surface area contributed by atoms with Gasteiger partial charge in [0.15, 0.2) is 16.4 Å². The van der Waals surface area contributed by atoms with E-state index < -0.39 is 28.3 Å². The standard InChI is InChI=1S/C20H23NO6S/c1-14-4-9-18(15(2)12-14)26-11-10-21-19(22)13-27-20(23)16-5-7-17(8-6-16)28(3,24)25/h4-9,12H,10-11,13H2,1-3H3,(H,21,22). The molecule has 8 heteroatoms. The number of carbonyl (C=O) groups is 2. The normalized spacial score (nSPS) is 11.0.